The molecule has 106 valence electrons. The zero-order chi connectivity index (χ0) is 13.8. The lowest BCUT2D eigenvalue weighted by molar-refractivity contribution is 0.167. The zero-order valence-corrected chi connectivity index (χ0v) is 12.2. The van der Waals surface area contributed by atoms with Crippen LogP contribution in [0.25, 0.3) is 0 Å². The largest absolute Gasteiger partial charge is 0.492 e. The predicted molar refractivity (Wildman–Crippen MR) is 77.8 cm³/mol. The van der Waals surface area contributed by atoms with Crippen LogP contribution in [0.4, 0.5) is 0 Å². The maximum Gasteiger partial charge on any atom is 0.119 e. The Morgan fingerprint density at radius 3 is 2.79 bits per heavy atom. The minimum absolute atomic E-state index is 0.146. The topological polar surface area (TPSA) is 32.7 Å². The molecule has 1 aliphatic rings. The van der Waals surface area contributed by atoms with Gasteiger partial charge in [0.1, 0.15) is 12.4 Å². The highest BCUT2D eigenvalue weighted by Gasteiger charge is 2.19. The summed E-state index contributed by atoms with van der Waals surface area (Å²) in [6, 6.07) is 6.34. The molecule has 3 heteroatoms. The molecule has 0 aliphatic carbocycles. The summed E-state index contributed by atoms with van der Waals surface area (Å²) in [6.07, 6.45) is 0.745. The SMILES string of the molecule is Cc1cc(OCCN2CC[C@@H](O)C2)ccc1C(C)C. The van der Waals surface area contributed by atoms with Crippen LogP contribution in [0.15, 0.2) is 18.2 Å². The van der Waals surface area contributed by atoms with Gasteiger partial charge < -0.3 is 9.84 Å². The van der Waals surface area contributed by atoms with E-state index in [0.717, 1.165) is 31.8 Å². The molecule has 19 heavy (non-hydrogen) atoms. The van der Waals surface area contributed by atoms with Gasteiger partial charge in [-0.2, -0.15) is 0 Å². The third-order valence-corrected chi connectivity index (χ3v) is 3.79. The summed E-state index contributed by atoms with van der Waals surface area (Å²) in [5.74, 6) is 1.50. The van der Waals surface area contributed by atoms with E-state index >= 15 is 0 Å². The molecule has 0 bridgehead atoms. The Bertz CT molecular complexity index is 417. The number of likely N-dealkylation sites (tertiary alicyclic amines) is 1. The van der Waals surface area contributed by atoms with Gasteiger partial charge in [0.05, 0.1) is 6.10 Å². The second-order valence-corrected chi connectivity index (χ2v) is 5.76. The molecular weight excluding hydrogens is 238 g/mol. The number of aliphatic hydroxyl groups excluding tert-OH is 1. The van der Waals surface area contributed by atoms with Crippen molar-refractivity contribution in [1.29, 1.82) is 0 Å². The number of rotatable bonds is 5. The molecule has 0 amide bonds. The number of aryl methyl sites for hydroxylation is 1. The third kappa shape index (κ3) is 3.95. The van der Waals surface area contributed by atoms with E-state index in [0.29, 0.717) is 12.5 Å². The molecule has 1 aliphatic heterocycles. The van der Waals surface area contributed by atoms with E-state index < -0.39 is 0 Å². The van der Waals surface area contributed by atoms with Crippen LogP contribution in [-0.4, -0.2) is 42.4 Å². The van der Waals surface area contributed by atoms with Crippen molar-refractivity contribution < 1.29 is 9.84 Å². The van der Waals surface area contributed by atoms with Gasteiger partial charge in [0.25, 0.3) is 0 Å². The number of aliphatic hydroxyl groups is 1. The fourth-order valence-corrected chi connectivity index (χ4v) is 2.69. The van der Waals surface area contributed by atoms with Crippen LogP contribution < -0.4 is 4.74 Å². The Kier molecular flexibility index (Phi) is 4.83. The normalized spacial score (nSPS) is 20.2. The van der Waals surface area contributed by atoms with Crippen molar-refractivity contribution >= 4 is 0 Å². The summed E-state index contributed by atoms with van der Waals surface area (Å²) in [6.45, 7) is 9.90. The van der Waals surface area contributed by atoms with E-state index in [2.05, 4.69) is 43.9 Å². The van der Waals surface area contributed by atoms with Crippen molar-refractivity contribution in [2.24, 2.45) is 0 Å². The smallest absolute Gasteiger partial charge is 0.119 e. The molecule has 1 saturated heterocycles. The lowest BCUT2D eigenvalue weighted by Crippen LogP contribution is -2.27. The Morgan fingerprint density at radius 2 is 2.21 bits per heavy atom. The number of nitrogens with zero attached hydrogens (tertiary/aromatic N) is 1. The van der Waals surface area contributed by atoms with Crippen LogP contribution in [-0.2, 0) is 0 Å². The van der Waals surface area contributed by atoms with E-state index in [9.17, 15) is 5.11 Å². The van der Waals surface area contributed by atoms with Gasteiger partial charge in [-0.05, 0) is 42.5 Å². The number of benzene rings is 1. The van der Waals surface area contributed by atoms with Crippen molar-refractivity contribution in [3.05, 3.63) is 29.3 Å². The summed E-state index contributed by atoms with van der Waals surface area (Å²) in [5.41, 5.74) is 2.68. The van der Waals surface area contributed by atoms with E-state index in [-0.39, 0.29) is 6.10 Å². The van der Waals surface area contributed by atoms with Gasteiger partial charge >= 0.3 is 0 Å². The summed E-state index contributed by atoms with van der Waals surface area (Å²) in [5, 5.41) is 9.45. The standard InChI is InChI=1S/C16H25NO2/c1-12(2)16-5-4-15(10-13(16)3)19-9-8-17-7-6-14(18)11-17/h4-5,10,12,14,18H,6-9,11H2,1-3H3/t14-/m1/s1. The lowest BCUT2D eigenvalue weighted by atomic mass is 9.98. The Balaban J connectivity index is 1.81. The minimum atomic E-state index is -0.146. The number of hydrogen-bond donors (Lipinski definition) is 1. The first-order valence-corrected chi connectivity index (χ1v) is 7.20. The molecule has 0 radical (unpaired) electrons. The van der Waals surface area contributed by atoms with Gasteiger partial charge in [0.2, 0.25) is 0 Å². The molecule has 3 nitrogen and oxygen atoms in total. The van der Waals surface area contributed by atoms with Crippen LogP contribution in [0, 0.1) is 6.92 Å². The quantitative estimate of drug-likeness (QED) is 0.886. The first-order valence-electron chi connectivity index (χ1n) is 7.20. The molecule has 1 heterocycles. The molecule has 0 spiro atoms. The molecule has 0 saturated carbocycles. The Morgan fingerprint density at radius 1 is 1.42 bits per heavy atom. The fraction of sp³-hybridized carbons (Fsp3) is 0.625. The number of β-amino-alcohol motifs (C(OH)–C–C–N with tert-alkyl or cyclic N) is 1. The minimum Gasteiger partial charge on any atom is -0.492 e. The van der Waals surface area contributed by atoms with Gasteiger partial charge in [0.15, 0.2) is 0 Å². The summed E-state index contributed by atoms with van der Waals surface area (Å²) >= 11 is 0. The van der Waals surface area contributed by atoms with Crippen molar-refractivity contribution in [3.63, 3.8) is 0 Å². The van der Waals surface area contributed by atoms with E-state index in [1.54, 1.807) is 0 Å². The lowest BCUT2D eigenvalue weighted by Gasteiger charge is -2.16. The molecule has 1 aromatic carbocycles. The van der Waals surface area contributed by atoms with Crippen molar-refractivity contribution in [2.75, 3.05) is 26.2 Å². The Labute approximate surface area is 116 Å². The van der Waals surface area contributed by atoms with Gasteiger partial charge in [-0.1, -0.05) is 19.9 Å². The second kappa shape index (κ2) is 6.40. The van der Waals surface area contributed by atoms with Crippen LogP contribution in [0.3, 0.4) is 0 Å². The molecule has 1 N–H and O–H groups in total. The van der Waals surface area contributed by atoms with E-state index in [4.69, 9.17) is 4.74 Å². The molecular formula is C16H25NO2. The zero-order valence-electron chi connectivity index (χ0n) is 12.2. The fourth-order valence-electron chi connectivity index (χ4n) is 2.69. The van der Waals surface area contributed by atoms with Crippen LogP contribution in [0.5, 0.6) is 5.75 Å². The maximum absolute atomic E-state index is 9.45. The highest BCUT2D eigenvalue weighted by Crippen LogP contribution is 2.23. The van der Waals surface area contributed by atoms with Gasteiger partial charge in [0, 0.05) is 19.6 Å². The highest BCUT2D eigenvalue weighted by atomic mass is 16.5. The molecule has 1 atom stereocenters. The Hall–Kier alpha value is -1.06. The molecule has 0 aromatic heterocycles. The first kappa shape index (κ1) is 14.4. The van der Waals surface area contributed by atoms with Gasteiger partial charge in [-0.25, -0.2) is 0 Å². The highest BCUT2D eigenvalue weighted by molar-refractivity contribution is 5.36. The number of ether oxygens (including phenoxy) is 1. The van der Waals surface area contributed by atoms with Crippen molar-refractivity contribution in [3.8, 4) is 5.75 Å². The van der Waals surface area contributed by atoms with Gasteiger partial charge in [-0.15, -0.1) is 0 Å². The molecule has 2 rings (SSSR count). The maximum atomic E-state index is 9.45. The summed E-state index contributed by atoms with van der Waals surface area (Å²) in [4.78, 5) is 2.25. The molecule has 1 aromatic rings. The van der Waals surface area contributed by atoms with E-state index in [1.807, 2.05) is 0 Å². The second-order valence-electron chi connectivity index (χ2n) is 5.76. The summed E-state index contributed by atoms with van der Waals surface area (Å²) in [7, 11) is 0. The molecule has 0 unspecified atom stereocenters. The monoisotopic (exact) mass is 263 g/mol. The van der Waals surface area contributed by atoms with Crippen LogP contribution >= 0.6 is 0 Å². The molecule has 1 fully saturated rings. The van der Waals surface area contributed by atoms with Crippen LogP contribution in [0.1, 0.15) is 37.3 Å². The van der Waals surface area contributed by atoms with Crippen LogP contribution in [0.2, 0.25) is 0 Å². The predicted octanol–water partition coefficient (Wildman–Crippen LogP) is 2.56. The number of hydrogen-bond acceptors (Lipinski definition) is 3. The summed E-state index contributed by atoms with van der Waals surface area (Å²) < 4.78 is 5.80. The average molecular weight is 263 g/mol. The van der Waals surface area contributed by atoms with Crippen molar-refractivity contribution in [2.45, 2.75) is 39.2 Å². The van der Waals surface area contributed by atoms with E-state index in [1.165, 1.54) is 11.1 Å². The third-order valence-electron chi connectivity index (χ3n) is 3.79. The van der Waals surface area contributed by atoms with Gasteiger partial charge in [-0.3, -0.25) is 4.90 Å². The van der Waals surface area contributed by atoms with Crippen molar-refractivity contribution in [1.82, 2.24) is 4.90 Å². The first-order chi connectivity index (χ1) is 9.06. The average Bonchev–Trinajstić information content (AvgIpc) is 2.75.